The maximum Gasteiger partial charge on any atom is 0.101 e. The van der Waals surface area contributed by atoms with E-state index in [1.807, 2.05) is 12.1 Å². The molecule has 1 aliphatic heterocycles. The predicted octanol–water partition coefficient (Wildman–Crippen LogP) is 1.62. The Morgan fingerprint density at radius 2 is 2.19 bits per heavy atom. The van der Waals surface area contributed by atoms with Gasteiger partial charge in [-0.1, -0.05) is 6.92 Å². The summed E-state index contributed by atoms with van der Waals surface area (Å²) in [6, 6.07) is 6.02. The number of piperidine rings is 1. The van der Waals surface area contributed by atoms with E-state index in [9.17, 15) is 0 Å². The highest BCUT2D eigenvalue weighted by Gasteiger charge is 2.56. The molecule has 0 aromatic carbocycles. The normalized spacial score (nSPS) is 32.1. The summed E-state index contributed by atoms with van der Waals surface area (Å²) in [5.74, 6) is 2.30. The summed E-state index contributed by atoms with van der Waals surface area (Å²) in [6.07, 6.45) is 1.70. The SMILES string of the molecule is CCN1CC2C(C1)C2c1ccc(C#N)cn1. The number of likely N-dealkylation sites (tertiary alicyclic amines) is 1. The van der Waals surface area contributed by atoms with Crippen LogP contribution in [-0.4, -0.2) is 29.5 Å². The van der Waals surface area contributed by atoms with Gasteiger partial charge in [0.2, 0.25) is 0 Å². The molecule has 2 unspecified atom stereocenters. The first-order chi connectivity index (χ1) is 7.83. The van der Waals surface area contributed by atoms with Gasteiger partial charge in [0.05, 0.1) is 5.56 Å². The maximum atomic E-state index is 8.71. The van der Waals surface area contributed by atoms with Crippen molar-refractivity contribution in [2.45, 2.75) is 12.8 Å². The second-order valence-corrected chi connectivity index (χ2v) is 4.79. The lowest BCUT2D eigenvalue weighted by Gasteiger charge is -2.16. The van der Waals surface area contributed by atoms with E-state index in [0.717, 1.165) is 11.8 Å². The number of hydrogen-bond donors (Lipinski definition) is 0. The summed E-state index contributed by atoms with van der Waals surface area (Å²) >= 11 is 0. The van der Waals surface area contributed by atoms with Gasteiger partial charge in [-0.2, -0.15) is 5.26 Å². The zero-order valence-electron chi connectivity index (χ0n) is 9.43. The molecule has 1 aromatic rings. The smallest absolute Gasteiger partial charge is 0.101 e. The van der Waals surface area contributed by atoms with Crippen molar-refractivity contribution in [1.82, 2.24) is 9.88 Å². The number of rotatable bonds is 2. The molecule has 0 spiro atoms. The average Bonchev–Trinajstić information content (AvgIpc) is 2.84. The van der Waals surface area contributed by atoms with E-state index in [1.165, 1.54) is 25.3 Å². The molecule has 2 heterocycles. The molecule has 3 rings (SSSR count). The van der Waals surface area contributed by atoms with Crippen molar-refractivity contribution in [3.05, 3.63) is 29.6 Å². The predicted molar refractivity (Wildman–Crippen MR) is 60.8 cm³/mol. The number of hydrogen-bond acceptors (Lipinski definition) is 3. The molecule has 1 aliphatic carbocycles. The summed E-state index contributed by atoms with van der Waals surface area (Å²) in [4.78, 5) is 6.91. The van der Waals surface area contributed by atoms with Gasteiger partial charge in [-0.15, -0.1) is 0 Å². The van der Waals surface area contributed by atoms with E-state index in [4.69, 9.17) is 5.26 Å². The minimum absolute atomic E-state index is 0.657. The highest BCUT2D eigenvalue weighted by atomic mass is 15.2. The van der Waals surface area contributed by atoms with Crippen LogP contribution in [0, 0.1) is 23.2 Å². The standard InChI is InChI=1S/C13H15N3/c1-2-16-7-10-11(8-16)13(10)12-4-3-9(5-14)6-15-12/h3-4,6,10-11,13H,2,7-8H2,1H3. The molecular weight excluding hydrogens is 198 g/mol. The summed E-state index contributed by atoms with van der Waals surface area (Å²) < 4.78 is 0. The number of nitrogens with zero attached hydrogens (tertiary/aromatic N) is 3. The van der Waals surface area contributed by atoms with Crippen molar-refractivity contribution < 1.29 is 0 Å². The highest BCUT2D eigenvalue weighted by Crippen LogP contribution is 2.57. The molecule has 1 saturated carbocycles. The number of pyridine rings is 1. The molecule has 2 fully saturated rings. The van der Waals surface area contributed by atoms with Gasteiger partial charge in [0.15, 0.2) is 0 Å². The largest absolute Gasteiger partial charge is 0.303 e. The van der Waals surface area contributed by atoms with E-state index in [0.29, 0.717) is 11.5 Å². The Kier molecular flexibility index (Phi) is 2.19. The van der Waals surface area contributed by atoms with Crippen LogP contribution in [0.15, 0.2) is 18.3 Å². The monoisotopic (exact) mass is 213 g/mol. The van der Waals surface area contributed by atoms with Gasteiger partial charge in [0, 0.05) is 30.9 Å². The molecular formula is C13H15N3. The van der Waals surface area contributed by atoms with Crippen molar-refractivity contribution in [3.8, 4) is 6.07 Å². The molecule has 3 heteroatoms. The lowest BCUT2D eigenvalue weighted by molar-refractivity contribution is 0.313. The summed E-state index contributed by atoms with van der Waals surface area (Å²) in [7, 11) is 0. The van der Waals surface area contributed by atoms with Crippen molar-refractivity contribution in [1.29, 1.82) is 5.26 Å². The van der Waals surface area contributed by atoms with Gasteiger partial charge in [0.1, 0.15) is 6.07 Å². The van der Waals surface area contributed by atoms with Crippen LogP contribution in [0.3, 0.4) is 0 Å². The summed E-state index contributed by atoms with van der Waals surface area (Å²) in [5.41, 5.74) is 1.84. The van der Waals surface area contributed by atoms with Crippen LogP contribution in [0.25, 0.3) is 0 Å². The molecule has 0 radical (unpaired) electrons. The van der Waals surface area contributed by atoms with Gasteiger partial charge in [-0.25, -0.2) is 0 Å². The van der Waals surface area contributed by atoms with Crippen LogP contribution in [0.1, 0.15) is 24.1 Å². The highest BCUT2D eigenvalue weighted by molar-refractivity contribution is 5.31. The van der Waals surface area contributed by atoms with Crippen LogP contribution in [-0.2, 0) is 0 Å². The van der Waals surface area contributed by atoms with Crippen LogP contribution >= 0.6 is 0 Å². The Morgan fingerprint density at radius 1 is 1.44 bits per heavy atom. The van der Waals surface area contributed by atoms with E-state index in [2.05, 4.69) is 22.9 Å². The quantitative estimate of drug-likeness (QED) is 0.749. The molecule has 16 heavy (non-hydrogen) atoms. The van der Waals surface area contributed by atoms with E-state index in [1.54, 1.807) is 6.20 Å². The number of fused-ring (bicyclic) bond motifs is 1. The first-order valence-corrected chi connectivity index (χ1v) is 5.92. The minimum atomic E-state index is 0.657. The third-order valence-electron chi connectivity index (χ3n) is 3.97. The average molecular weight is 213 g/mol. The molecule has 0 amide bonds. The van der Waals surface area contributed by atoms with E-state index >= 15 is 0 Å². The van der Waals surface area contributed by atoms with Crippen molar-refractivity contribution >= 4 is 0 Å². The second-order valence-electron chi connectivity index (χ2n) is 4.79. The Hall–Kier alpha value is -1.40. The summed E-state index contributed by atoms with van der Waals surface area (Å²) in [5, 5.41) is 8.71. The molecule has 0 bridgehead atoms. The fourth-order valence-corrected chi connectivity index (χ4v) is 2.98. The molecule has 82 valence electrons. The zero-order valence-corrected chi connectivity index (χ0v) is 9.43. The lowest BCUT2D eigenvalue weighted by Crippen LogP contribution is -2.23. The molecule has 3 nitrogen and oxygen atoms in total. The Balaban J connectivity index is 1.71. The fraction of sp³-hybridized carbons (Fsp3) is 0.538. The third-order valence-corrected chi connectivity index (χ3v) is 3.97. The van der Waals surface area contributed by atoms with Gasteiger partial charge in [-0.3, -0.25) is 4.98 Å². The van der Waals surface area contributed by atoms with Crippen molar-refractivity contribution in [2.75, 3.05) is 19.6 Å². The topological polar surface area (TPSA) is 39.9 Å². The van der Waals surface area contributed by atoms with Crippen molar-refractivity contribution in [3.63, 3.8) is 0 Å². The lowest BCUT2D eigenvalue weighted by atomic mass is 10.1. The van der Waals surface area contributed by atoms with Crippen LogP contribution in [0.4, 0.5) is 0 Å². The third kappa shape index (κ3) is 1.42. The van der Waals surface area contributed by atoms with Crippen LogP contribution < -0.4 is 0 Å². The number of nitriles is 1. The first-order valence-electron chi connectivity index (χ1n) is 5.92. The van der Waals surface area contributed by atoms with Crippen LogP contribution in [0.2, 0.25) is 0 Å². The Labute approximate surface area is 95.7 Å². The van der Waals surface area contributed by atoms with Gasteiger partial charge in [0.25, 0.3) is 0 Å². The van der Waals surface area contributed by atoms with E-state index < -0.39 is 0 Å². The maximum absolute atomic E-state index is 8.71. The van der Waals surface area contributed by atoms with Gasteiger partial charge < -0.3 is 4.90 Å². The minimum Gasteiger partial charge on any atom is -0.303 e. The summed E-state index contributed by atoms with van der Waals surface area (Å²) in [6.45, 7) is 5.85. The molecule has 2 aliphatic rings. The molecule has 1 aromatic heterocycles. The molecule has 1 saturated heterocycles. The zero-order chi connectivity index (χ0) is 11.1. The Morgan fingerprint density at radius 3 is 2.69 bits per heavy atom. The van der Waals surface area contributed by atoms with E-state index in [-0.39, 0.29) is 0 Å². The van der Waals surface area contributed by atoms with Crippen LogP contribution in [0.5, 0.6) is 0 Å². The van der Waals surface area contributed by atoms with Gasteiger partial charge >= 0.3 is 0 Å². The second kappa shape index (κ2) is 3.57. The number of aromatic nitrogens is 1. The first kappa shape index (κ1) is 9.80. The van der Waals surface area contributed by atoms with Crippen molar-refractivity contribution in [2.24, 2.45) is 11.8 Å². The Bertz CT molecular complexity index is 419. The molecule has 0 N–H and O–H groups in total. The fourth-order valence-electron chi connectivity index (χ4n) is 2.98. The van der Waals surface area contributed by atoms with Gasteiger partial charge in [-0.05, 0) is 30.5 Å². The molecule has 2 atom stereocenters.